The Bertz CT molecular complexity index is 3340. The Labute approximate surface area is 397 Å². The monoisotopic (exact) mass is 991 g/mol. The zero-order chi connectivity index (χ0) is 47.9. The number of fused-ring (bicyclic) bond motifs is 4. The number of hydrogen-bond donors (Lipinski definition) is 2. The van der Waals surface area contributed by atoms with Gasteiger partial charge in [-0.15, -0.1) is 22.7 Å². The smallest absolute Gasteiger partial charge is 0.408 e. The number of nitrogens with zero attached hydrogens (tertiary/aromatic N) is 9. The predicted molar refractivity (Wildman–Crippen MR) is 253 cm³/mol. The van der Waals surface area contributed by atoms with E-state index in [9.17, 15) is 35.9 Å². The molecule has 14 nitrogen and oxygen atoms in total. The summed E-state index contributed by atoms with van der Waals surface area (Å²) in [6.45, 7) is 8.78. The molecule has 0 radical (unpaired) electrons. The lowest BCUT2D eigenvalue weighted by Crippen LogP contribution is -2.31. The highest BCUT2D eigenvalue weighted by Crippen LogP contribution is 2.45. The number of likely N-dealkylation sites (tertiary alicyclic amines) is 2. The fourth-order valence-electron chi connectivity index (χ4n) is 11.1. The molecule has 2 atom stereocenters. The molecule has 12 rings (SSSR count). The molecule has 0 amide bonds. The molecule has 8 aromatic rings. The maximum absolute atomic E-state index is 12.9. The molecule has 2 spiro atoms. The molecule has 4 aliphatic rings. The van der Waals surface area contributed by atoms with Crippen molar-refractivity contribution < 1.29 is 30.8 Å². The molecule has 22 heteroatoms. The fourth-order valence-corrected chi connectivity index (χ4v) is 13.1. The van der Waals surface area contributed by atoms with Crippen LogP contribution in [0.2, 0.25) is 0 Å². The Kier molecular flexibility index (Phi) is 11.4. The first-order valence-corrected chi connectivity index (χ1v) is 24.4. The van der Waals surface area contributed by atoms with Crippen molar-refractivity contribution in [3.63, 3.8) is 0 Å². The van der Waals surface area contributed by atoms with Crippen molar-refractivity contribution in [1.29, 1.82) is 0 Å². The quantitative estimate of drug-likeness (QED) is 0.142. The van der Waals surface area contributed by atoms with Crippen LogP contribution in [-0.4, -0.2) is 109 Å². The number of aromatic amines is 2. The fraction of sp³-hybridized carbons (Fsp3) is 0.447. The maximum atomic E-state index is 12.9. The Morgan fingerprint density at radius 2 is 1.16 bits per heavy atom. The summed E-state index contributed by atoms with van der Waals surface area (Å²) in [4.78, 5) is 57.3. The summed E-state index contributed by atoms with van der Waals surface area (Å²) >= 11 is 2.19. The Morgan fingerprint density at radius 3 is 1.71 bits per heavy atom. The van der Waals surface area contributed by atoms with Gasteiger partial charge in [0.2, 0.25) is 0 Å². The summed E-state index contributed by atoms with van der Waals surface area (Å²) in [7, 11) is 1.76. The van der Waals surface area contributed by atoms with Crippen molar-refractivity contribution in [2.75, 3.05) is 62.2 Å². The number of rotatable bonds is 8. The van der Waals surface area contributed by atoms with E-state index in [1.807, 2.05) is 24.3 Å². The van der Waals surface area contributed by atoms with Gasteiger partial charge in [0, 0.05) is 80.0 Å². The lowest BCUT2D eigenvalue weighted by Gasteiger charge is -2.25. The Morgan fingerprint density at radius 1 is 0.638 bits per heavy atom. The number of nitrogens with one attached hydrogen (secondary N) is 2. The highest BCUT2D eigenvalue weighted by molar-refractivity contribution is 7.19. The van der Waals surface area contributed by atoms with Crippen molar-refractivity contribution >= 4 is 76.9 Å². The largest absolute Gasteiger partial charge is 0.417 e. The normalized spacial score (nSPS) is 21.4. The van der Waals surface area contributed by atoms with Gasteiger partial charge >= 0.3 is 23.8 Å². The van der Waals surface area contributed by atoms with Crippen molar-refractivity contribution in [3.05, 3.63) is 103 Å². The SMILES string of the molecule is Cn1c(=O)[nH]c2cc(CN3CCC4(CCN(c5ncnc6sc(CC(F)(F)F)cc56)C4)C3)ccc21.O=c1[nH]c2ccc(CN3CCC4(CCN(c5ncnc6sc(CC(F)(F)F)cc56)C4)C3)cc2o1. The highest BCUT2D eigenvalue weighted by atomic mass is 32.1. The average molecular weight is 992 g/mol. The maximum Gasteiger partial charge on any atom is 0.417 e. The van der Waals surface area contributed by atoms with Crippen molar-refractivity contribution in [3.8, 4) is 0 Å². The molecule has 69 heavy (non-hydrogen) atoms. The van der Waals surface area contributed by atoms with Crippen molar-refractivity contribution in [2.45, 2.75) is 64.0 Å². The minimum atomic E-state index is -4.24. The van der Waals surface area contributed by atoms with Gasteiger partial charge in [-0.05, 0) is 86.3 Å². The van der Waals surface area contributed by atoms with Gasteiger partial charge in [0.15, 0.2) is 5.58 Å². The molecular weight excluding hydrogens is 945 g/mol. The Balaban J connectivity index is 0.000000151. The van der Waals surface area contributed by atoms with Crippen LogP contribution in [0, 0.1) is 10.8 Å². The average Bonchev–Trinajstić information content (AvgIpc) is 4.16. The van der Waals surface area contributed by atoms with Crippen LogP contribution in [0.5, 0.6) is 0 Å². The molecule has 362 valence electrons. The number of aryl methyl sites for hydroxylation is 1. The summed E-state index contributed by atoms with van der Waals surface area (Å²) in [5, 5.41) is 1.42. The van der Waals surface area contributed by atoms with E-state index in [-0.39, 0.29) is 26.3 Å². The number of hydrogen-bond acceptors (Lipinski definition) is 13. The molecule has 4 saturated heterocycles. The highest BCUT2D eigenvalue weighted by Gasteiger charge is 2.45. The zero-order valence-corrected chi connectivity index (χ0v) is 39.1. The number of H-pyrrole nitrogens is 2. The molecule has 2 unspecified atom stereocenters. The van der Waals surface area contributed by atoms with Crippen LogP contribution in [0.3, 0.4) is 0 Å². The van der Waals surface area contributed by atoms with Crippen LogP contribution in [0.4, 0.5) is 38.0 Å². The van der Waals surface area contributed by atoms with Crippen molar-refractivity contribution in [1.82, 2.24) is 44.3 Å². The Hall–Kier alpha value is -5.84. The number of imidazole rings is 1. The van der Waals surface area contributed by atoms with Crippen LogP contribution in [0.15, 0.2) is 75.2 Å². The summed E-state index contributed by atoms with van der Waals surface area (Å²) in [5.41, 5.74) is 5.43. The first-order chi connectivity index (χ1) is 32.9. The molecule has 6 aromatic heterocycles. The summed E-state index contributed by atoms with van der Waals surface area (Å²) in [5.74, 6) is 1.03. The van der Waals surface area contributed by atoms with Gasteiger partial charge < -0.3 is 19.2 Å². The summed E-state index contributed by atoms with van der Waals surface area (Å²) in [6, 6.07) is 15.1. The third-order valence-electron chi connectivity index (χ3n) is 14.2. The molecule has 0 saturated carbocycles. The van der Waals surface area contributed by atoms with Gasteiger partial charge in [0.25, 0.3) is 0 Å². The lowest BCUT2D eigenvalue weighted by molar-refractivity contribution is -0.127. The van der Waals surface area contributed by atoms with Gasteiger partial charge in [-0.3, -0.25) is 19.4 Å². The second-order valence-electron chi connectivity index (χ2n) is 19.3. The molecule has 10 heterocycles. The molecule has 4 aliphatic heterocycles. The van der Waals surface area contributed by atoms with Crippen LogP contribution < -0.4 is 21.2 Å². The second-order valence-corrected chi connectivity index (χ2v) is 21.5. The predicted octanol–water partition coefficient (Wildman–Crippen LogP) is 8.41. The number of alkyl halides is 6. The third kappa shape index (κ3) is 9.47. The third-order valence-corrected chi connectivity index (χ3v) is 16.3. The van der Waals surface area contributed by atoms with E-state index in [1.54, 1.807) is 23.7 Å². The molecule has 4 fully saturated rings. The van der Waals surface area contributed by atoms with E-state index in [1.165, 1.54) is 18.2 Å². The van der Waals surface area contributed by atoms with E-state index in [4.69, 9.17) is 4.42 Å². The first kappa shape index (κ1) is 45.6. The van der Waals surface area contributed by atoms with Gasteiger partial charge in [0.1, 0.15) is 34.0 Å². The van der Waals surface area contributed by atoms with E-state index in [0.29, 0.717) is 31.5 Å². The summed E-state index contributed by atoms with van der Waals surface area (Å²) < 4.78 is 84.1. The molecule has 2 aromatic carbocycles. The van der Waals surface area contributed by atoms with E-state index in [2.05, 4.69) is 61.6 Å². The van der Waals surface area contributed by atoms with Gasteiger partial charge in [-0.25, -0.2) is 29.5 Å². The number of halogens is 6. The molecule has 2 N–H and O–H groups in total. The van der Waals surface area contributed by atoms with Gasteiger partial charge in [0.05, 0.1) is 40.2 Å². The summed E-state index contributed by atoms with van der Waals surface area (Å²) in [6.07, 6.45) is -3.27. The number of benzene rings is 2. The zero-order valence-electron chi connectivity index (χ0n) is 37.4. The molecule has 0 bridgehead atoms. The number of aromatic nitrogens is 7. The first-order valence-electron chi connectivity index (χ1n) is 22.8. The van der Waals surface area contributed by atoms with Gasteiger partial charge in [-0.1, -0.05) is 12.1 Å². The minimum absolute atomic E-state index is 0.113. The van der Waals surface area contributed by atoms with Crippen LogP contribution in [0.25, 0.3) is 42.6 Å². The molecule has 0 aliphatic carbocycles. The van der Waals surface area contributed by atoms with Crippen LogP contribution in [0.1, 0.15) is 46.6 Å². The number of anilines is 2. The lowest BCUT2D eigenvalue weighted by atomic mass is 9.86. The van der Waals surface area contributed by atoms with Crippen LogP contribution >= 0.6 is 22.7 Å². The number of oxazole rings is 1. The molecular formula is C47H47F6N11O3S2. The second kappa shape index (κ2) is 17.2. The minimum Gasteiger partial charge on any atom is -0.408 e. The van der Waals surface area contributed by atoms with Crippen LogP contribution in [-0.2, 0) is 33.0 Å². The van der Waals surface area contributed by atoms with E-state index < -0.39 is 31.0 Å². The standard InChI is InChI=1S/C24H25F3N6OS.C23H22F3N5O2S/c1-31-19-3-2-15(8-18(19)30-22(31)34)11-32-6-4-23(12-32)5-7-33(13-23)20-17-9-16(10-24(25,26)27)35-21(17)29-14-28-20;24-23(25,26)9-15-8-16-19(27-13-28-20(16)34-15)31-6-4-22(12-31)3-5-30(11-22)10-14-1-2-17-18(7-14)33-21(32)29-17/h2-3,8-9,14H,4-7,10-13H2,1H3,(H,30,34);1-2,7-8,13H,3-6,9-12H2,(H,29,32). The van der Waals surface area contributed by atoms with E-state index in [0.717, 1.165) is 142 Å². The van der Waals surface area contributed by atoms with Crippen molar-refractivity contribution in [2.24, 2.45) is 17.9 Å². The van der Waals surface area contributed by atoms with E-state index >= 15 is 0 Å². The topological polar surface area (TPSA) is 148 Å². The van der Waals surface area contributed by atoms with Gasteiger partial charge in [-0.2, -0.15) is 26.3 Å². The number of thiophene rings is 2.